The van der Waals surface area contributed by atoms with Crippen LogP contribution in [-0.2, 0) is 9.53 Å². The summed E-state index contributed by atoms with van der Waals surface area (Å²) >= 11 is 0. The van der Waals surface area contributed by atoms with Gasteiger partial charge in [-0.2, -0.15) is 0 Å². The molecule has 0 spiro atoms. The van der Waals surface area contributed by atoms with Crippen molar-refractivity contribution in [1.82, 2.24) is 4.90 Å². The van der Waals surface area contributed by atoms with Gasteiger partial charge < -0.3 is 4.74 Å². The highest BCUT2D eigenvalue weighted by atomic mass is 16.5. The van der Waals surface area contributed by atoms with Crippen LogP contribution in [0.4, 0.5) is 0 Å². The van der Waals surface area contributed by atoms with E-state index in [1.165, 1.54) is 32.8 Å². The molecule has 0 N–H and O–H groups in total. The molecule has 0 aliphatic carbocycles. The molecule has 1 fully saturated rings. The second kappa shape index (κ2) is 7.44. The van der Waals surface area contributed by atoms with Crippen molar-refractivity contribution in [1.29, 1.82) is 0 Å². The van der Waals surface area contributed by atoms with Gasteiger partial charge in [-0.25, -0.2) is 4.79 Å². The molecule has 0 unspecified atom stereocenters. The maximum Gasteiger partial charge on any atom is 0.333 e. The van der Waals surface area contributed by atoms with Crippen molar-refractivity contribution < 1.29 is 9.53 Å². The minimum Gasteiger partial charge on any atom is -0.466 e. The van der Waals surface area contributed by atoms with Gasteiger partial charge in [0, 0.05) is 12.1 Å². The predicted octanol–water partition coefficient (Wildman–Crippen LogP) is 2.37. The monoisotopic (exact) mass is 225 g/mol. The summed E-state index contributed by atoms with van der Waals surface area (Å²) in [6, 6.07) is 0. The van der Waals surface area contributed by atoms with Crippen LogP contribution in [0.1, 0.15) is 39.0 Å². The fourth-order valence-corrected chi connectivity index (χ4v) is 2.06. The first-order chi connectivity index (χ1) is 7.77. The molecular weight excluding hydrogens is 202 g/mol. The molecule has 0 bridgehead atoms. The molecule has 0 aromatic carbocycles. The van der Waals surface area contributed by atoms with Crippen molar-refractivity contribution in [3.8, 4) is 0 Å². The lowest BCUT2D eigenvalue weighted by molar-refractivity contribution is -0.136. The SMILES string of the molecule is CCC(=CCN1CCCCCC1)C(=O)OC. The van der Waals surface area contributed by atoms with E-state index in [1.807, 2.05) is 13.0 Å². The lowest BCUT2D eigenvalue weighted by atomic mass is 10.2. The molecular formula is C13H23NO2. The Balaban J connectivity index is 2.44. The third-order valence-electron chi connectivity index (χ3n) is 3.12. The maximum absolute atomic E-state index is 11.4. The van der Waals surface area contributed by atoms with Crippen LogP contribution in [0, 0.1) is 0 Å². The molecule has 1 aliphatic rings. The quantitative estimate of drug-likeness (QED) is 0.543. The Kier molecular flexibility index (Phi) is 6.16. The van der Waals surface area contributed by atoms with Gasteiger partial charge in [0.2, 0.25) is 0 Å². The number of esters is 1. The van der Waals surface area contributed by atoms with Gasteiger partial charge in [-0.3, -0.25) is 4.90 Å². The average Bonchev–Trinajstić information content (AvgIpc) is 2.58. The van der Waals surface area contributed by atoms with Crippen molar-refractivity contribution in [2.45, 2.75) is 39.0 Å². The zero-order valence-electron chi connectivity index (χ0n) is 10.5. The van der Waals surface area contributed by atoms with E-state index in [0.717, 1.165) is 31.6 Å². The van der Waals surface area contributed by atoms with Gasteiger partial charge >= 0.3 is 5.97 Å². The normalized spacial score (nSPS) is 19.2. The summed E-state index contributed by atoms with van der Waals surface area (Å²) in [5.41, 5.74) is 0.798. The Hall–Kier alpha value is -0.830. The Bertz CT molecular complexity index is 240. The van der Waals surface area contributed by atoms with Gasteiger partial charge in [0.05, 0.1) is 7.11 Å². The molecule has 0 atom stereocenters. The van der Waals surface area contributed by atoms with Gasteiger partial charge in [0.1, 0.15) is 0 Å². The summed E-state index contributed by atoms with van der Waals surface area (Å²) in [5.74, 6) is -0.183. The third-order valence-corrected chi connectivity index (χ3v) is 3.12. The number of likely N-dealkylation sites (tertiary alicyclic amines) is 1. The number of nitrogens with zero attached hydrogens (tertiary/aromatic N) is 1. The standard InChI is InChI=1S/C13H23NO2/c1-3-12(13(15)16-2)8-11-14-9-6-4-5-7-10-14/h8H,3-7,9-11H2,1-2H3. The van der Waals surface area contributed by atoms with Gasteiger partial charge in [-0.15, -0.1) is 0 Å². The number of hydrogen-bond donors (Lipinski definition) is 0. The zero-order valence-corrected chi connectivity index (χ0v) is 10.5. The third kappa shape index (κ3) is 4.35. The Morgan fingerprint density at radius 2 is 1.88 bits per heavy atom. The van der Waals surface area contributed by atoms with E-state index >= 15 is 0 Å². The molecule has 1 aliphatic heterocycles. The highest BCUT2D eigenvalue weighted by Gasteiger charge is 2.10. The summed E-state index contributed by atoms with van der Waals surface area (Å²) in [4.78, 5) is 13.8. The molecule has 3 nitrogen and oxygen atoms in total. The molecule has 16 heavy (non-hydrogen) atoms. The number of carbonyl (C=O) groups is 1. The fourth-order valence-electron chi connectivity index (χ4n) is 2.06. The van der Waals surface area contributed by atoms with E-state index in [2.05, 4.69) is 4.90 Å². The molecule has 92 valence electrons. The van der Waals surface area contributed by atoms with Crippen molar-refractivity contribution in [2.24, 2.45) is 0 Å². The highest BCUT2D eigenvalue weighted by Crippen LogP contribution is 2.10. The predicted molar refractivity (Wildman–Crippen MR) is 65.3 cm³/mol. The van der Waals surface area contributed by atoms with E-state index in [0.29, 0.717) is 0 Å². The first kappa shape index (κ1) is 13.2. The highest BCUT2D eigenvalue weighted by molar-refractivity contribution is 5.88. The molecule has 3 heteroatoms. The summed E-state index contributed by atoms with van der Waals surface area (Å²) in [6.07, 6.45) is 8.04. The van der Waals surface area contributed by atoms with E-state index < -0.39 is 0 Å². The number of methoxy groups -OCH3 is 1. The van der Waals surface area contributed by atoms with Crippen LogP contribution in [0.2, 0.25) is 0 Å². The number of ether oxygens (including phenoxy) is 1. The van der Waals surface area contributed by atoms with Crippen LogP contribution in [0.15, 0.2) is 11.6 Å². The Morgan fingerprint density at radius 1 is 1.25 bits per heavy atom. The topological polar surface area (TPSA) is 29.5 Å². The van der Waals surface area contributed by atoms with Crippen LogP contribution in [0.25, 0.3) is 0 Å². The van der Waals surface area contributed by atoms with Crippen molar-refractivity contribution >= 4 is 5.97 Å². The van der Waals surface area contributed by atoms with E-state index in [9.17, 15) is 4.79 Å². The van der Waals surface area contributed by atoms with Crippen LogP contribution in [0.5, 0.6) is 0 Å². The summed E-state index contributed by atoms with van der Waals surface area (Å²) in [7, 11) is 1.44. The minimum atomic E-state index is -0.183. The van der Waals surface area contributed by atoms with Gasteiger partial charge in [-0.1, -0.05) is 25.8 Å². The molecule has 1 saturated heterocycles. The summed E-state index contributed by atoms with van der Waals surface area (Å²) in [6.45, 7) is 5.20. The number of carbonyl (C=O) groups excluding carboxylic acids is 1. The minimum absolute atomic E-state index is 0.183. The van der Waals surface area contributed by atoms with Crippen LogP contribution in [-0.4, -0.2) is 37.6 Å². The zero-order chi connectivity index (χ0) is 11.8. The van der Waals surface area contributed by atoms with Crippen LogP contribution in [0.3, 0.4) is 0 Å². The summed E-state index contributed by atoms with van der Waals surface area (Å²) < 4.78 is 4.74. The van der Waals surface area contributed by atoms with Crippen molar-refractivity contribution in [3.05, 3.63) is 11.6 Å². The molecule has 0 amide bonds. The number of rotatable bonds is 4. The molecule has 0 radical (unpaired) electrons. The Labute approximate surface area is 98.5 Å². The van der Waals surface area contributed by atoms with Crippen molar-refractivity contribution in [2.75, 3.05) is 26.7 Å². The average molecular weight is 225 g/mol. The molecule has 1 rings (SSSR count). The fraction of sp³-hybridized carbons (Fsp3) is 0.769. The lowest BCUT2D eigenvalue weighted by Crippen LogP contribution is -2.25. The second-order valence-corrected chi connectivity index (χ2v) is 4.29. The summed E-state index contributed by atoms with van der Waals surface area (Å²) in [5, 5.41) is 0. The first-order valence-corrected chi connectivity index (χ1v) is 6.27. The van der Waals surface area contributed by atoms with Gasteiger partial charge in [-0.05, 0) is 32.4 Å². The smallest absolute Gasteiger partial charge is 0.333 e. The largest absolute Gasteiger partial charge is 0.466 e. The maximum atomic E-state index is 11.4. The molecule has 0 aromatic rings. The molecule has 0 aromatic heterocycles. The van der Waals surface area contributed by atoms with Crippen molar-refractivity contribution in [3.63, 3.8) is 0 Å². The molecule has 0 saturated carbocycles. The van der Waals surface area contributed by atoms with Gasteiger partial charge in [0.25, 0.3) is 0 Å². The van der Waals surface area contributed by atoms with E-state index in [4.69, 9.17) is 4.74 Å². The Morgan fingerprint density at radius 3 is 2.38 bits per heavy atom. The number of hydrogen-bond acceptors (Lipinski definition) is 3. The van der Waals surface area contributed by atoms with Gasteiger partial charge in [0.15, 0.2) is 0 Å². The van der Waals surface area contributed by atoms with E-state index in [1.54, 1.807) is 0 Å². The second-order valence-electron chi connectivity index (χ2n) is 4.29. The van der Waals surface area contributed by atoms with Crippen LogP contribution < -0.4 is 0 Å². The lowest BCUT2D eigenvalue weighted by Gasteiger charge is -2.17. The van der Waals surface area contributed by atoms with E-state index in [-0.39, 0.29) is 5.97 Å². The molecule has 1 heterocycles. The first-order valence-electron chi connectivity index (χ1n) is 6.27. The van der Waals surface area contributed by atoms with Crippen LogP contribution >= 0.6 is 0 Å².